The van der Waals surface area contributed by atoms with Gasteiger partial charge in [-0.3, -0.25) is 0 Å². The van der Waals surface area contributed by atoms with E-state index in [-0.39, 0.29) is 12.1 Å². The van der Waals surface area contributed by atoms with Crippen LogP contribution in [0, 0.1) is 0 Å². The molecular formula is C17H20N2O3. The standard InChI is InChI=1S/C17H20N2O3/c1-13(12-22-14-8-4-3-5-9-14)18-17(20)19-15-10-6-7-11-16(15)21-2/h3-11,13H,12H2,1-2H3,(H2,18,19,20). The Morgan fingerprint density at radius 2 is 1.77 bits per heavy atom. The molecule has 5 heteroatoms. The van der Waals surface area contributed by atoms with Crippen LogP contribution in [-0.4, -0.2) is 25.8 Å². The average molecular weight is 300 g/mol. The van der Waals surface area contributed by atoms with Crippen LogP contribution in [0.3, 0.4) is 0 Å². The first-order valence-electron chi connectivity index (χ1n) is 7.07. The third kappa shape index (κ3) is 4.70. The number of amides is 2. The predicted octanol–water partition coefficient (Wildman–Crippen LogP) is 3.28. The van der Waals surface area contributed by atoms with E-state index in [9.17, 15) is 4.79 Å². The number of rotatable bonds is 6. The Hall–Kier alpha value is -2.69. The van der Waals surface area contributed by atoms with Gasteiger partial charge < -0.3 is 20.1 Å². The molecule has 0 radical (unpaired) electrons. The van der Waals surface area contributed by atoms with E-state index in [1.807, 2.05) is 49.4 Å². The highest BCUT2D eigenvalue weighted by Gasteiger charge is 2.10. The van der Waals surface area contributed by atoms with Crippen LogP contribution in [0.15, 0.2) is 54.6 Å². The molecule has 1 atom stereocenters. The normalized spacial score (nSPS) is 11.4. The number of carbonyl (C=O) groups excluding carboxylic acids is 1. The second-order valence-corrected chi connectivity index (χ2v) is 4.82. The van der Waals surface area contributed by atoms with E-state index in [1.165, 1.54) is 0 Å². The second-order valence-electron chi connectivity index (χ2n) is 4.82. The minimum absolute atomic E-state index is 0.130. The number of para-hydroxylation sites is 3. The van der Waals surface area contributed by atoms with E-state index in [0.717, 1.165) is 5.75 Å². The summed E-state index contributed by atoms with van der Waals surface area (Å²) in [6, 6.07) is 16.3. The Kier molecular flexibility index (Phi) is 5.65. The Bertz CT molecular complexity index is 602. The lowest BCUT2D eigenvalue weighted by atomic mass is 10.3. The van der Waals surface area contributed by atoms with Crippen molar-refractivity contribution in [1.29, 1.82) is 0 Å². The Morgan fingerprint density at radius 3 is 2.50 bits per heavy atom. The molecule has 2 aromatic carbocycles. The molecule has 22 heavy (non-hydrogen) atoms. The maximum absolute atomic E-state index is 12.0. The molecule has 5 nitrogen and oxygen atoms in total. The lowest BCUT2D eigenvalue weighted by Gasteiger charge is -2.16. The summed E-state index contributed by atoms with van der Waals surface area (Å²) in [4.78, 5) is 12.0. The molecule has 0 saturated carbocycles. The van der Waals surface area contributed by atoms with Gasteiger partial charge in [0.15, 0.2) is 0 Å². The van der Waals surface area contributed by atoms with Gasteiger partial charge in [0.25, 0.3) is 0 Å². The van der Waals surface area contributed by atoms with Crippen molar-refractivity contribution in [2.45, 2.75) is 13.0 Å². The highest BCUT2D eigenvalue weighted by molar-refractivity contribution is 5.91. The number of nitrogens with one attached hydrogen (secondary N) is 2. The third-order valence-corrected chi connectivity index (χ3v) is 2.98. The number of hydrogen-bond acceptors (Lipinski definition) is 3. The maximum atomic E-state index is 12.0. The molecule has 0 aliphatic heterocycles. The summed E-state index contributed by atoms with van der Waals surface area (Å²) in [6.45, 7) is 2.27. The van der Waals surface area contributed by atoms with E-state index in [4.69, 9.17) is 9.47 Å². The van der Waals surface area contributed by atoms with Crippen molar-refractivity contribution in [3.63, 3.8) is 0 Å². The van der Waals surface area contributed by atoms with Gasteiger partial charge in [-0.05, 0) is 31.2 Å². The number of ether oxygens (including phenoxy) is 2. The minimum atomic E-state index is -0.298. The molecule has 2 N–H and O–H groups in total. The van der Waals surface area contributed by atoms with Crippen molar-refractivity contribution in [2.24, 2.45) is 0 Å². The summed E-state index contributed by atoms with van der Waals surface area (Å²) >= 11 is 0. The SMILES string of the molecule is COc1ccccc1NC(=O)NC(C)COc1ccccc1. The van der Waals surface area contributed by atoms with Crippen LogP contribution in [0.25, 0.3) is 0 Å². The first-order valence-corrected chi connectivity index (χ1v) is 7.07. The predicted molar refractivity (Wildman–Crippen MR) is 86.5 cm³/mol. The van der Waals surface area contributed by atoms with Crippen molar-refractivity contribution in [3.8, 4) is 11.5 Å². The Balaban J connectivity index is 1.81. The van der Waals surface area contributed by atoms with Crippen molar-refractivity contribution in [1.82, 2.24) is 5.32 Å². The Labute approximate surface area is 130 Å². The lowest BCUT2D eigenvalue weighted by molar-refractivity contribution is 0.236. The van der Waals surface area contributed by atoms with Crippen LogP contribution in [0.5, 0.6) is 11.5 Å². The van der Waals surface area contributed by atoms with Gasteiger partial charge in [0.05, 0.1) is 18.8 Å². The molecule has 0 aliphatic carbocycles. The summed E-state index contributed by atoms with van der Waals surface area (Å²) in [5.41, 5.74) is 0.624. The van der Waals surface area contributed by atoms with Gasteiger partial charge >= 0.3 is 6.03 Å². The molecule has 1 unspecified atom stereocenters. The molecule has 0 saturated heterocycles. The third-order valence-electron chi connectivity index (χ3n) is 2.98. The fraction of sp³-hybridized carbons (Fsp3) is 0.235. The number of methoxy groups -OCH3 is 1. The van der Waals surface area contributed by atoms with Crippen LogP contribution in [-0.2, 0) is 0 Å². The first kappa shape index (κ1) is 15.7. The van der Waals surface area contributed by atoms with Crippen LogP contribution in [0.1, 0.15) is 6.92 Å². The van der Waals surface area contributed by atoms with Crippen molar-refractivity contribution < 1.29 is 14.3 Å². The molecule has 0 spiro atoms. The molecule has 2 rings (SSSR count). The highest BCUT2D eigenvalue weighted by atomic mass is 16.5. The number of benzene rings is 2. The summed E-state index contributed by atoms with van der Waals surface area (Å²) < 4.78 is 10.8. The molecule has 116 valence electrons. The number of carbonyl (C=O) groups is 1. The average Bonchev–Trinajstić information content (AvgIpc) is 2.54. The molecule has 0 heterocycles. The van der Waals surface area contributed by atoms with E-state index in [1.54, 1.807) is 19.2 Å². The van der Waals surface area contributed by atoms with E-state index < -0.39 is 0 Å². The van der Waals surface area contributed by atoms with Gasteiger partial charge in [0.1, 0.15) is 18.1 Å². The van der Waals surface area contributed by atoms with Gasteiger partial charge in [-0.15, -0.1) is 0 Å². The van der Waals surface area contributed by atoms with Gasteiger partial charge in [-0.2, -0.15) is 0 Å². The summed E-state index contributed by atoms with van der Waals surface area (Å²) in [5.74, 6) is 1.40. The van der Waals surface area contributed by atoms with Crippen LogP contribution >= 0.6 is 0 Å². The van der Waals surface area contributed by atoms with Crippen molar-refractivity contribution >= 4 is 11.7 Å². The van der Waals surface area contributed by atoms with Gasteiger partial charge in [0, 0.05) is 0 Å². The van der Waals surface area contributed by atoms with Crippen molar-refractivity contribution in [3.05, 3.63) is 54.6 Å². The zero-order chi connectivity index (χ0) is 15.8. The summed E-state index contributed by atoms with van der Waals surface area (Å²) in [5, 5.41) is 5.58. The van der Waals surface area contributed by atoms with E-state index in [0.29, 0.717) is 18.0 Å². The highest BCUT2D eigenvalue weighted by Crippen LogP contribution is 2.22. The molecule has 2 aromatic rings. The molecule has 0 fully saturated rings. The number of hydrogen-bond donors (Lipinski definition) is 2. The largest absolute Gasteiger partial charge is 0.495 e. The molecule has 0 aliphatic rings. The topological polar surface area (TPSA) is 59.6 Å². The van der Waals surface area contributed by atoms with Crippen LogP contribution in [0.4, 0.5) is 10.5 Å². The number of anilines is 1. The van der Waals surface area contributed by atoms with Crippen LogP contribution in [0.2, 0.25) is 0 Å². The first-order chi connectivity index (χ1) is 10.7. The molecular weight excluding hydrogens is 280 g/mol. The summed E-state index contributed by atoms with van der Waals surface area (Å²) in [6.07, 6.45) is 0. The van der Waals surface area contributed by atoms with Gasteiger partial charge in [-0.25, -0.2) is 4.79 Å². The lowest BCUT2D eigenvalue weighted by Crippen LogP contribution is -2.39. The molecule has 0 aromatic heterocycles. The monoisotopic (exact) mass is 300 g/mol. The zero-order valence-electron chi connectivity index (χ0n) is 12.7. The summed E-state index contributed by atoms with van der Waals surface area (Å²) in [7, 11) is 1.56. The van der Waals surface area contributed by atoms with Crippen LogP contribution < -0.4 is 20.1 Å². The minimum Gasteiger partial charge on any atom is -0.495 e. The fourth-order valence-corrected chi connectivity index (χ4v) is 1.91. The number of urea groups is 1. The Morgan fingerprint density at radius 1 is 1.09 bits per heavy atom. The maximum Gasteiger partial charge on any atom is 0.319 e. The second kappa shape index (κ2) is 7.93. The van der Waals surface area contributed by atoms with E-state index >= 15 is 0 Å². The van der Waals surface area contributed by atoms with Crippen molar-refractivity contribution in [2.75, 3.05) is 19.0 Å². The fourth-order valence-electron chi connectivity index (χ4n) is 1.91. The zero-order valence-corrected chi connectivity index (χ0v) is 12.7. The van der Waals surface area contributed by atoms with Gasteiger partial charge in [-0.1, -0.05) is 30.3 Å². The van der Waals surface area contributed by atoms with E-state index in [2.05, 4.69) is 10.6 Å². The quantitative estimate of drug-likeness (QED) is 0.860. The van der Waals surface area contributed by atoms with Gasteiger partial charge in [0.2, 0.25) is 0 Å². The smallest absolute Gasteiger partial charge is 0.319 e. The molecule has 2 amide bonds. The molecule has 0 bridgehead atoms.